The SMILES string of the molecule is Cc1c(C(=O)N(C)C)sc(N)c1C(=O)c1ccc(C(C)C)cc1. The van der Waals surface area contributed by atoms with Crippen molar-refractivity contribution in [3.05, 3.63) is 51.4 Å². The second-order valence-electron chi connectivity index (χ2n) is 6.10. The van der Waals surface area contributed by atoms with Crippen LogP contribution in [-0.2, 0) is 0 Å². The third-order valence-electron chi connectivity index (χ3n) is 3.84. The minimum Gasteiger partial charge on any atom is -0.390 e. The Kier molecular flexibility index (Phi) is 4.90. The number of anilines is 1. The van der Waals surface area contributed by atoms with E-state index in [2.05, 4.69) is 13.8 Å². The van der Waals surface area contributed by atoms with E-state index in [9.17, 15) is 9.59 Å². The molecule has 1 aromatic carbocycles. The fourth-order valence-electron chi connectivity index (χ4n) is 2.39. The maximum absolute atomic E-state index is 12.8. The summed E-state index contributed by atoms with van der Waals surface area (Å²) in [5.41, 5.74) is 8.89. The lowest BCUT2D eigenvalue weighted by Crippen LogP contribution is -2.21. The van der Waals surface area contributed by atoms with Crippen molar-refractivity contribution in [2.75, 3.05) is 19.8 Å². The Labute approximate surface area is 140 Å². The average Bonchev–Trinajstić information content (AvgIpc) is 2.80. The van der Waals surface area contributed by atoms with Gasteiger partial charge in [0.25, 0.3) is 5.91 Å². The molecule has 122 valence electrons. The molecular formula is C18H22N2O2S. The predicted octanol–water partition coefficient (Wildman–Crippen LogP) is 3.69. The molecule has 5 heteroatoms. The van der Waals surface area contributed by atoms with Gasteiger partial charge in [-0.15, -0.1) is 11.3 Å². The van der Waals surface area contributed by atoms with Gasteiger partial charge < -0.3 is 10.6 Å². The van der Waals surface area contributed by atoms with Crippen molar-refractivity contribution in [1.29, 1.82) is 0 Å². The molecule has 0 atom stereocenters. The molecule has 0 aliphatic rings. The van der Waals surface area contributed by atoms with Crippen LogP contribution < -0.4 is 5.73 Å². The molecular weight excluding hydrogens is 308 g/mol. The Morgan fingerprint density at radius 3 is 2.17 bits per heavy atom. The largest absolute Gasteiger partial charge is 0.390 e. The summed E-state index contributed by atoms with van der Waals surface area (Å²) < 4.78 is 0. The predicted molar refractivity (Wildman–Crippen MR) is 95.4 cm³/mol. The lowest BCUT2D eigenvalue weighted by atomic mass is 9.97. The monoisotopic (exact) mass is 330 g/mol. The van der Waals surface area contributed by atoms with Crippen molar-refractivity contribution in [2.45, 2.75) is 26.7 Å². The molecule has 0 saturated heterocycles. The fourth-order valence-corrected chi connectivity index (χ4v) is 3.48. The number of nitrogens with zero attached hydrogens (tertiary/aromatic N) is 1. The first-order valence-electron chi connectivity index (χ1n) is 7.49. The highest BCUT2D eigenvalue weighted by molar-refractivity contribution is 7.18. The molecule has 2 rings (SSSR count). The standard InChI is InChI=1S/C18H22N2O2S/c1-10(2)12-6-8-13(9-7-12)15(21)14-11(3)16(23-17(14)19)18(22)20(4)5/h6-10H,19H2,1-5H3. The molecule has 23 heavy (non-hydrogen) atoms. The topological polar surface area (TPSA) is 63.4 Å². The Bertz CT molecular complexity index is 743. The van der Waals surface area contributed by atoms with Gasteiger partial charge in [-0.3, -0.25) is 9.59 Å². The molecule has 0 saturated carbocycles. The second-order valence-corrected chi connectivity index (χ2v) is 7.15. The molecule has 0 bridgehead atoms. The van der Waals surface area contributed by atoms with Gasteiger partial charge in [0.2, 0.25) is 0 Å². The number of hydrogen-bond acceptors (Lipinski definition) is 4. The van der Waals surface area contributed by atoms with Crippen LogP contribution in [0.4, 0.5) is 5.00 Å². The van der Waals surface area contributed by atoms with Crippen molar-refractivity contribution in [2.24, 2.45) is 0 Å². The molecule has 0 aliphatic carbocycles. The van der Waals surface area contributed by atoms with Gasteiger partial charge in [0.15, 0.2) is 5.78 Å². The highest BCUT2D eigenvalue weighted by atomic mass is 32.1. The summed E-state index contributed by atoms with van der Waals surface area (Å²) in [6.45, 7) is 5.99. The third-order valence-corrected chi connectivity index (χ3v) is 4.95. The molecule has 0 aliphatic heterocycles. The van der Waals surface area contributed by atoms with E-state index in [1.54, 1.807) is 21.0 Å². The number of hydrogen-bond donors (Lipinski definition) is 1. The minimum absolute atomic E-state index is 0.131. The third kappa shape index (κ3) is 3.29. The van der Waals surface area contributed by atoms with Gasteiger partial charge in [0, 0.05) is 19.7 Å². The summed E-state index contributed by atoms with van der Waals surface area (Å²) in [6, 6.07) is 7.56. The van der Waals surface area contributed by atoms with E-state index in [1.807, 2.05) is 24.3 Å². The summed E-state index contributed by atoms with van der Waals surface area (Å²) in [6.07, 6.45) is 0. The van der Waals surface area contributed by atoms with E-state index >= 15 is 0 Å². The van der Waals surface area contributed by atoms with E-state index in [0.29, 0.717) is 32.5 Å². The van der Waals surface area contributed by atoms with Gasteiger partial charge in [-0.05, 0) is 24.0 Å². The number of carbonyl (C=O) groups is 2. The van der Waals surface area contributed by atoms with Gasteiger partial charge in [-0.2, -0.15) is 0 Å². The Hall–Kier alpha value is -2.14. The molecule has 0 spiro atoms. The zero-order valence-electron chi connectivity index (χ0n) is 14.1. The first-order chi connectivity index (χ1) is 10.7. The smallest absolute Gasteiger partial charge is 0.263 e. The summed E-state index contributed by atoms with van der Waals surface area (Å²) in [5.74, 6) is 0.147. The average molecular weight is 330 g/mol. The first-order valence-corrected chi connectivity index (χ1v) is 8.30. The normalized spacial score (nSPS) is 10.9. The lowest BCUT2D eigenvalue weighted by molar-refractivity contribution is 0.0831. The van der Waals surface area contributed by atoms with Crippen LogP contribution in [-0.4, -0.2) is 30.7 Å². The van der Waals surface area contributed by atoms with E-state index < -0.39 is 0 Å². The van der Waals surface area contributed by atoms with Crippen LogP contribution in [0, 0.1) is 6.92 Å². The van der Waals surface area contributed by atoms with Crippen LogP contribution >= 0.6 is 11.3 Å². The quantitative estimate of drug-likeness (QED) is 0.870. The zero-order chi connectivity index (χ0) is 17.3. The van der Waals surface area contributed by atoms with Crippen molar-refractivity contribution in [1.82, 2.24) is 4.90 Å². The fraction of sp³-hybridized carbons (Fsp3) is 0.333. The summed E-state index contributed by atoms with van der Waals surface area (Å²) in [4.78, 5) is 27.0. The summed E-state index contributed by atoms with van der Waals surface area (Å²) >= 11 is 1.17. The molecule has 1 heterocycles. The number of carbonyl (C=O) groups excluding carboxylic acids is 2. The summed E-state index contributed by atoms with van der Waals surface area (Å²) in [7, 11) is 3.37. The Morgan fingerprint density at radius 1 is 1.13 bits per heavy atom. The van der Waals surface area contributed by atoms with Crippen LogP contribution in [0.25, 0.3) is 0 Å². The number of thiophene rings is 1. The summed E-state index contributed by atoms with van der Waals surface area (Å²) in [5, 5.41) is 0.394. The van der Waals surface area contributed by atoms with Crippen molar-refractivity contribution in [3.63, 3.8) is 0 Å². The molecule has 4 nitrogen and oxygen atoms in total. The molecule has 0 radical (unpaired) electrons. The van der Waals surface area contributed by atoms with Crippen molar-refractivity contribution >= 4 is 28.0 Å². The number of nitrogen functional groups attached to an aromatic ring is 1. The van der Waals surface area contributed by atoms with Gasteiger partial charge >= 0.3 is 0 Å². The molecule has 1 amide bonds. The highest BCUT2D eigenvalue weighted by Crippen LogP contribution is 2.33. The van der Waals surface area contributed by atoms with E-state index in [-0.39, 0.29) is 11.7 Å². The molecule has 2 N–H and O–H groups in total. The van der Waals surface area contributed by atoms with Crippen LogP contribution in [0.1, 0.15) is 56.5 Å². The number of amides is 1. The Morgan fingerprint density at radius 2 is 1.70 bits per heavy atom. The lowest BCUT2D eigenvalue weighted by Gasteiger charge is -2.09. The molecule has 1 aromatic heterocycles. The number of ketones is 1. The Balaban J connectivity index is 2.42. The van der Waals surface area contributed by atoms with Crippen LogP contribution in [0.15, 0.2) is 24.3 Å². The highest BCUT2D eigenvalue weighted by Gasteiger charge is 2.24. The number of nitrogens with two attached hydrogens (primary N) is 1. The van der Waals surface area contributed by atoms with Crippen LogP contribution in [0.5, 0.6) is 0 Å². The van der Waals surface area contributed by atoms with Gasteiger partial charge in [-0.1, -0.05) is 38.1 Å². The maximum Gasteiger partial charge on any atom is 0.263 e. The zero-order valence-corrected chi connectivity index (χ0v) is 15.0. The molecule has 2 aromatic rings. The minimum atomic E-state index is -0.135. The molecule has 0 unspecified atom stereocenters. The van der Waals surface area contributed by atoms with E-state index in [4.69, 9.17) is 5.73 Å². The van der Waals surface area contributed by atoms with Gasteiger partial charge in [0.1, 0.15) is 0 Å². The number of benzene rings is 1. The van der Waals surface area contributed by atoms with Gasteiger partial charge in [0.05, 0.1) is 15.4 Å². The number of rotatable bonds is 4. The first kappa shape index (κ1) is 17.2. The van der Waals surface area contributed by atoms with Gasteiger partial charge in [-0.25, -0.2) is 0 Å². The van der Waals surface area contributed by atoms with E-state index in [1.165, 1.54) is 21.8 Å². The maximum atomic E-state index is 12.8. The molecule has 0 fully saturated rings. The van der Waals surface area contributed by atoms with Crippen molar-refractivity contribution in [3.8, 4) is 0 Å². The van der Waals surface area contributed by atoms with Crippen LogP contribution in [0.2, 0.25) is 0 Å². The van der Waals surface area contributed by atoms with Crippen LogP contribution in [0.3, 0.4) is 0 Å². The van der Waals surface area contributed by atoms with Crippen molar-refractivity contribution < 1.29 is 9.59 Å². The van der Waals surface area contributed by atoms with E-state index in [0.717, 1.165) is 0 Å². The second kappa shape index (κ2) is 6.54.